The molecule has 0 spiro atoms. The zero-order valence-electron chi connectivity index (χ0n) is 12.9. The summed E-state index contributed by atoms with van der Waals surface area (Å²) in [5.41, 5.74) is 9.32. The van der Waals surface area contributed by atoms with Gasteiger partial charge in [-0.3, -0.25) is 0 Å². The van der Waals surface area contributed by atoms with Gasteiger partial charge in [-0.1, -0.05) is 25.5 Å². The number of carbonyl (C=O) groups is 1. The average molecular weight is 288 g/mol. The topological polar surface area (TPSA) is 68.2 Å². The zero-order chi connectivity index (χ0) is 15.4. The fourth-order valence-corrected chi connectivity index (χ4v) is 2.97. The maximum Gasteiger partial charge on any atom is 0.337 e. The Kier molecular flexibility index (Phi) is 5.02. The average Bonchev–Trinajstić information content (AvgIpc) is 2.74. The molecule has 0 radical (unpaired) electrons. The molecule has 2 rings (SSSR count). The van der Waals surface area contributed by atoms with Gasteiger partial charge in [0.1, 0.15) is 0 Å². The molecule has 0 fully saturated rings. The summed E-state index contributed by atoms with van der Waals surface area (Å²) < 4.78 is 2.14. The number of benzene rings is 1. The first-order valence-electron chi connectivity index (χ1n) is 7.65. The van der Waals surface area contributed by atoms with Crippen LogP contribution in [-0.4, -0.2) is 22.2 Å². The predicted octanol–water partition coefficient (Wildman–Crippen LogP) is 3.34. The minimum Gasteiger partial charge on any atom is -0.478 e. The predicted molar refractivity (Wildman–Crippen MR) is 85.9 cm³/mol. The van der Waals surface area contributed by atoms with Crippen LogP contribution in [0.3, 0.4) is 0 Å². The molecule has 1 aromatic carbocycles. The Balaban J connectivity index is 2.66. The minimum atomic E-state index is -0.867. The number of hydrogen-bond acceptors (Lipinski definition) is 2. The lowest BCUT2D eigenvalue weighted by Gasteiger charge is -2.09. The van der Waals surface area contributed by atoms with Crippen molar-refractivity contribution in [3.05, 3.63) is 35.0 Å². The summed E-state index contributed by atoms with van der Waals surface area (Å²) in [5.74, 6) is -0.867. The molecule has 0 aliphatic rings. The van der Waals surface area contributed by atoms with Crippen LogP contribution in [0.5, 0.6) is 0 Å². The van der Waals surface area contributed by atoms with Crippen molar-refractivity contribution in [2.24, 2.45) is 5.73 Å². The molecule has 3 N–H and O–H groups in total. The van der Waals surface area contributed by atoms with Gasteiger partial charge in [0, 0.05) is 17.6 Å². The highest BCUT2D eigenvalue weighted by Gasteiger charge is 2.18. The number of aromatic carboxylic acids is 1. The molecule has 0 aliphatic carbocycles. The lowest BCUT2D eigenvalue weighted by molar-refractivity contribution is 0.0698. The van der Waals surface area contributed by atoms with Crippen LogP contribution in [0.1, 0.15) is 47.8 Å². The second-order valence-electron chi connectivity index (χ2n) is 5.47. The normalized spacial score (nSPS) is 11.2. The molecule has 0 saturated carbocycles. The van der Waals surface area contributed by atoms with Crippen LogP contribution >= 0.6 is 0 Å². The van der Waals surface area contributed by atoms with Crippen molar-refractivity contribution in [3.8, 4) is 0 Å². The van der Waals surface area contributed by atoms with Crippen molar-refractivity contribution in [1.82, 2.24) is 4.57 Å². The Bertz CT molecular complexity index is 644. The Labute approximate surface area is 125 Å². The van der Waals surface area contributed by atoms with Crippen molar-refractivity contribution in [2.45, 2.75) is 46.1 Å². The summed E-state index contributed by atoms with van der Waals surface area (Å²) in [6.07, 6.45) is 4.10. The number of aromatic nitrogens is 1. The number of rotatable bonds is 7. The maximum absolute atomic E-state index is 11.5. The van der Waals surface area contributed by atoms with Gasteiger partial charge < -0.3 is 15.4 Å². The van der Waals surface area contributed by atoms with E-state index in [9.17, 15) is 9.90 Å². The minimum absolute atomic E-state index is 0.385. The van der Waals surface area contributed by atoms with Gasteiger partial charge >= 0.3 is 5.97 Å². The molecule has 4 heteroatoms. The molecule has 0 atom stereocenters. The van der Waals surface area contributed by atoms with Crippen molar-refractivity contribution in [2.75, 3.05) is 6.54 Å². The molecule has 0 amide bonds. The van der Waals surface area contributed by atoms with Gasteiger partial charge in [-0.2, -0.15) is 0 Å². The van der Waals surface area contributed by atoms with Gasteiger partial charge in [-0.25, -0.2) is 4.79 Å². The van der Waals surface area contributed by atoms with Crippen LogP contribution < -0.4 is 5.73 Å². The monoisotopic (exact) mass is 288 g/mol. The largest absolute Gasteiger partial charge is 0.478 e. The highest BCUT2D eigenvalue weighted by atomic mass is 16.4. The quantitative estimate of drug-likeness (QED) is 0.821. The fraction of sp³-hybridized carbons (Fsp3) is 0.471. The summed E-state index contributed by atoms with van der Waals surface area (Å²) in [6.45, 7) is 5.65. The molecule has 0 saturated heterocycles. The smallest absolute Gasteiger partial charge is 0.337 e. The van der Waals surface area contributed by atoms with Gasteiger partial charge in [0.05, 0.1) is 11.1 Å². The summed E-state index contributed by atoms with van der Waals surface area (Å²) in [7, 11) is 0. The number of aryl methyl sites for hydroxylation is 2. The SMILES string of the molecule is CCCCc1c(C)n(CCCN)c2c(C(=O)O)cccc12. The molecule has 2 aromatic rings. The lowest BCUT2D eigenvalue weighted by Crippen LogP contribution is -2.09. The number of para-hydroxylation sites is 1. The second kappa shape index (κ2) is 6.76. The third kappa shape index (κ3) is 2.95. The Hall–Kier alpha value is -1.81. The Morgan fingerprint density at radius 3 is 2.71 bits per heavy atom. The van der Waals surface area contributed by atoms with E-state index in [1.165, 1.54) is 11.3 Å². The molecule has 4 nitrogen and oxygen atoms in total. The van der Waals surface area contributed by atoms with E-state index >= 15 is 0 Å². The van der Waals surface area contributed by atoms with Gasteiger partial charge in [0.25, 0.3) is 0 Å². The van der Waals surface area contributed by atoms with E-state index in [1.54, 1.807) is 6.07 Å². The summed E-state index contributed by atoms with van der Waals surface area (Å²) in [4.78, 5) is 11.5. The van der Waals surface area contributed by atoms with E-state index < -0.39 is 5.97 Å². The van der Waals surface area contributed by atoms with Gasteiger partial charge in [0.2, 0.25) is 0 Å². The number of nitrogens with zero attached hydrogens (tertiary/aromatic N) is 1. The molecule has 1 aromatic heterocycles. The van der Waals surface area contributed by atoms with Crippen LogP contribution in [0.2, 0.25) is 0 Å². The summed E-state index contributed by atoms with van der Waals surface area (Å²) in [6, 6.07) is 5.57. The van der Waals surface area contributed by atoms with Crippen LogP contribution in [0, 0.1) is 6.92 Å². The van der Waals surface area contributed by atoms with Gasteiger partial charge in [0.15, 0.2) is 0 Å². The number of hydrogen-bond donors (Lipinski definition) is 2. The maximum atomic E-state index is 11.5. The van der Waals surface area contributed by atoms with Crippen LogP contribution in [0.4, 0.5) is 0 Å². The molecule has 21 heavy (non-hydrogen) atoms. The highest BCUT2D eigenvalue weighted by Crippen LogP contribution is 2.30. The molecular weight excluding hydrogens is 264 g/mol. The van der Waals surface area contributed by atoms with Gasteiger partial charge in [-0.15, -0.1) is 0 Å². The number of nitrogens with two attached hydrogens (primary N) is 1. The second-order valence-corrected chi connectivity index (χ2v) is 5.47. The summed E-state index contributed by atoms with van der Waals surface area (Å²) >= 11 is 0. The number of carboxylic acid groups (broad SMARTS) is 1. The van der Waals surface area contributed by atoms with E-state index in [-0.39, 0.29) is 0 Å². The first-order valence-corrected chi connectivity index (χ1v) is 7.65. The van der Waals surface area contributed by atoms with Gasteiger partial charge in [-0.05, 0) is 44.4 Å². The molecule has 1 heterocycles. The Morgan fingerprint density at radius 2 is 2.10 bits per heavy atom. The first-order chi connectivity index (χ1) is 10.1. The fourth-order valence-electron chi connectivity index (χ4n) is 2.97. The van der Waals surface area contributed by atoms with Crippen LogP contribution in [0.15, 0.2) is 18.2 Å². The van der Waals surface area contributed by atoms with Crippen molar-refractivity contribution >= 4 is 16.9 Å². The van der Waals surface area contributed by atoms with Crippen molar-refractivity contribution < 1.29 is 9.90 Å². The molecule has 0 bridgehead atoms. The zero-order valence-corrected chi connectivity index (χ0v) is 12.9. The van der Waals surface area contributed by atoms with Crippen LogP contribution in [-0.2, 0) is 13.0 Å². The van der Waals surface area contributed by atoms with Crippen molar-refractivity contribution in [3.63, 3.8) is 0 Å². The third-order valence-corrected chi connectivity index (χ3v) is 4.07. The van der Waals surface area contributed by atoms with E-state index in [1.807, 2.05) is 12.1 Å². The van der Waals surface area contributed by atoms with E-state index in [0.717, 1.165) is 43.1 Å². The highest BCUT2D eigenvalue weighted by molar-refractivity contribution is 6.03. The third-order valence-electron chi connectivity index (χ3n) is 4.07. The summed E-state index contributed by atoms with van der Waals surface area (Å²) in [5, 5.41) is 10.6. The van der Waals surface area contributed by atoms with Crippen LogP contribution in [0.25, 0.3) is 10.9 Å². The lowest BCUT2D eigenvalue weighted by atomic mass is 10.0. The number of fused-ring (bicyclic) bond motifs is 1. The first kappa shape index (κ1) is 15.6. The van der Waals surface area contributed by atoms with E-state index in [4.69, 9.17) is 5.73 Å². The molecular formula is C17H24N2O2. The molecule has 0 unspecified atom stereocenters. The van der Waals surface area contributed by atoms with E-state index in [2.05, 4.69) is 18.4 Å². The molecule has 114 valence electrons. The van der Waals surface area contributed by atoms with Crippen molar-refractivity contribution in [1.29, 1.82) is 0 Å². The Morgan fingerprint density at radius 1 is 1.33 bits per heavy atom. The van der Waals surface area contributed by atoms with E-state index in [0.29, 0.717) is 12.1 Å². The molecule has 0 aliphatic heterocycles. The standard InChI is InChI=1S/C17H24N2O2/c1-3-4-7-13-12(2)19(11-6-10-18)16-14(13)8-5-9-15(16)17(20)21/h5,8-9H,3-4,6-7,10-11,18H2,1-2H3,(H,20,21). The number of unbranched alkanes of at least 4 members (excludes halogenated alkanes) is 1. The number of carboxylic acids is 1.